The van der Waals surface area contributed by atoms with E-state index in [1.165, 1.54) is 5.56 Å². The Kier molecular flexibility index (Phi) is 5.74. The van der Waals surface area contributed by atoms with Crippen LogP contribution in [0.1, 0.15) is 17.2 Å². The summed E-state index contributed by atoms with van der Waals surface area (Å²) in [5.74, 6) is 0. The Balaban J connectivity index is 2.07. The van der Waals surface area contributed by atoms with Crippen LogP contribution >= 0.6 is 0 Å². The Morgan fingerprint density at radius 1 is 1.00 bits per heavy atom. The molecule has 0 radical (unpaired) electrons. The maximum atomic E-state index is 10.3. The van der Waals surface area contributed by atoms with Crippen molar-refractivity contribution in [2.24, 2.45) is 0 Å². The molecule has 0 saturated carbocycles. The number of methoxy groups -OCH3 is 1. The molecule has 0 aliphatic carbocycles. The van der Waals surface area contributed by atoms with Crippen molar-refractivity contribution in [3.63, 3.8) is 0 Å². The molecule has 20 heavy (non-hydrogen) atoms. The molecular formula is C17H21NO2. The van der Waals surface area contributed by atoms with Crippen LogP contribution in [0.5, 0.6) is 0 Å². The number of aliphatic hydroxyl groups excluding tert-OH is 1. The topological polar surface area (TPSA) is 41.5 Å². The molecule has 0 heterocycles. The average Bonchev–Trinajstić information content (AvgIpc) is 2.50. The van der Waals surface area contributed by atoms with Crippen LogP contribution in [0.25, 0.3) is 0 Å². The van der Waals surface area contributed by atoms with Gasteiger partial charge in [0.15, 0.2) is 0 Å². The third-order valence-electron chi connectivity index (χ3n) is 3.25. The fourth-order valence-corrected chi connectivity index (χ4v) is 2.23. The van der Waals surface area contributed by atoms with E-state index in [1.807, 2.05) is 48.5 Å². The summed E-state index contributed by atoms with van der Waals surface area (Å²) in [6, 6.07) is 20.0. The molecule has 2 rings (SSSR count). The first-order chi connectivity index (χ1) is 9.81. The Labute approximate surface area is 120 Å². The van der Waals surface area contributed by atoms with Gasteiger partial charge in [0.25, 0.3) is 0 Å². The molecule has 0 aliphatic heterocycles. The van der Waals surface area contributed by atoms with Crippen LogP contribution in [0.2, 0.25) is 0 Å². The lowest BCUT2D eigenvalue weighted by Crippen LogP contribution is -2.34. The van der Waals surface area contributed by atoms with E-state index < -0.39 is 6.10 Å². The van der Waals surface area contributed by atoms with E-state index in [2.05, 4.69) is 17.4 Å². The van der Waals surface area contributed by atoms with Gasteiger partial charge in [0.05, 0.1) is 18.8 Å². The zero-order valence-corrected chi connectivity index (χ0v) is 11.7. The van der Waals surface area contributed by atoms with Gasteiger partial charge in [-0.25, -0.2) is 0 Å². The van der Waals surface area contributed by atoms with E-state index in [-0.39, 0.29) is 6.04 Å². The fraction of sp³-hybridized carbons (Fsp3) is 0.294. The number of hydrogen-bond acceptors (Lipinski definition) is 3. The van der Waals surface area contributed by atoms with Crippen molar-refractivity contribution in [3.05, 3.63) is 71.8 Å². The predicted molar refractivity (Wildman–Crippen MR) is 80.3 cm³/mol. The Morgan fingerprint density at radius 3 is 2.20 bits per heavy atom. The molecule has 0 fully saturated rings. The Morgan fingerprint density at radius 2 is 1.60 bits per heavy atom. The third kappa shape index (κ3) is 4.17. The van der Waals surface area contributed by atoms with E-state index >= 15 is 0 Å². The second-order valence-electron chi connectivity index (χ2n) is 4.78. The van der Waals surface area contributed by atoms with Crippen molar-refractivity contribution < 1.29 is 9.84 Å². The summed E-state index contributed by atoms with van der Waals surface area (Å²) < 4.78 is 5.07. The lowest BCUT2D eigenvalue weighted by atomic mass is 10.0. The summed E-state index contributed by atoms with van der Waals surface area (Å²) in [7, 11) is 1.60. The maximum Gasteiger partial charge on any atom is 0.0967 e. The molecule has 0 unspecified atom stereocenters. The van der Waals surface area contributed by atoms with Crippen molar-refractivity contribution in [3.8, 4) is 0 Å². The van der Waals surface area contributed by atoms with E-state index in [9.17, 15) is 5.11 Å². The third-order valence-corrected chi connectivity index (χ3v) is 3.25. The van der Waals surface area contributed by atoms with Gasteiger partial charge in [0.1, 0.15) is 0 Å². The number of hydrogen-bond donors (Lipinski definition) is 2. The molecule has 2 atom stereocenters. The molecule has 3 nitrogen and oxygen atoms in total. The zero-order valence-electron chi connectivity index (χ0n) is 11.7. The van der Waals surface area contributed by atoms with E-state index in [0.29, 0.717) is 13.2 Å². The van der Waals surface area contributed by atoms with E-state index in [1.54, 1.807) is 7.11 Å². The quantitative estimate of drug-likeness (QED) is 0.813. The van der Waals surface area contributed by atoms with Crippen molar-refractivity contribution in [2.75, 3.05) is 13.7 Å². The number of rotatable bonds is 7. The smallest absolute Gasteiger partial charge is 0.0967 e. The van der Waals surface area contributed by atoms with Gasteiger partial charge in [0.2, 0.25) is 0 Å². The van der Waals surface area contributed by atoms with Crippen LogP contribution in [0.3, 0.4) is 0 Å². The number of nitrogens with one attached hydrogen (secondary N) is 1. The van der Waals surface area contributed by atoms with Crippen molar-refractivity contribution in [2.45, 2.75) is 18.7 Å². The first kappa shape index (κ1) is 14.7. The molecule has 2 N–H and O–H groups in total. The SMILES string of the molecule is COC[C@H](O)[C@H](NCc1ccccc1)c1ccccc1. The summed E-state index contributed by atoms with van der Waals surface area (Å²) in [6.07, 6.45) is -0.578. The van der Waals surface area contributed by atoms with Crippen molar-refractivity contribution in [1.82, 2.24) is 5.32 Å². The van der Waals surface area contributed by atoms with Crippen LogP contribution in [-0.2, 0) is 11.3 Å². The van der Waals surface area contributed by atoms with Crippen molar-refractivity contribution >= 4 is 0 Å². The number of benzene rings is 2. The van der Waals surface area contributed by atoms with Crippen LogP contribution in [0, 0.1) is 0 Å². The Bertz CT molecular complexity index is 487. The monoisotopic (exact) mass is 271 g/mol. The van der Waals surface area contributed by atoms with Crippen LogP contribution in [0.4, 0.5) is 0 Å². The van der Waals surface area contributed by atoms with Crippen molar-refractivity contribution in [1.29, 1.82) is 0 Å². The van der Waals surface area contributed by atoms with Gasteiger partial charge in [0, 0.05) is 13.7 Å². The normalized spacial score (nSPS) is 13.9. The highest BCUT2D eigenvalue weighted by Gasteiger charge is 2.20. The van der Waals surface area contributed by atoms with E-state index in [0.717, 1.165) is 5.56 Å². The minimum Gasteiger partial charge on any atom is -0.389 e. The standard InChI is InChI=1S/C17H21NO2/c1-20-13-16(19)17(15-10-6-3-7-11-15)18-12-14-8-4-2-5-9-14/h2-11,16-19H,12-13H2,1H3/t16-,17+/m0/s1. The summed E-state index contributed by atoms with van der Waals surface area (Å²) >= 11 is 0. The minimum atomic E-state index is -0.578. The molecule has 3 heteroatoms. The highest BCUT2D eigenvalue weighted by molar-refractivity contribution is 5.21. The lowest BCUT2D eigenvalue weighted by Gasteiger charge is -2.24. The number of aliphatic hydroxyl groups is 1. The van der Waals surface area contributed by atoms with Gasteiger partial charge < -0.3 is 15.2 Å². The summed E-state index contributed by atoms with van der Waals surface area (Å²) in [4.78, 5) is 0. The molecule has 0 amide bonds. The van der Waals surface area contributed by atoms with Gasteiger partial charge in [-0.1, -0.05) is 60.7 Å². The number of ether oxygens (including phenoxy) is 1. The summed E-state index contributed by atoms with van der Waals surface area (Å²) in [5, 5.41) is 13.7. The average molecular weight is 271 g/mol. The maximum absolute atomic E-state index is 10.3. The van der Waals surface area contributed by atoms with Gasteiger partial charge in [-0.3, -0.25) is 0 Å². The highest BCUT2D eigenvalue weighted by atomic mass is 16.5. The molecule has 0 spiro atoms. The van der Waals surface area contributed by atoms with E-state index in [4.69, 9.17) is 4.74 Å². The zero-order chi connectivity index (χ0) is 14.2. The molecule has 0 aliphatic rings. The molecule has 0 aromatic heterocycles. The highest BCUT2D eigenvalue weighted by Crippen LogP contribution is 2.18. The van der Waals surface area contributed by atoms with Gasteiger partial charge in [-0.05, 0) is 11.1 Å². The van der Waals surface area contributed by atoms with Gasteiger partial charge in [-0.15, -0.1) is 0 Å². The summed E-state index contributed by atoms with van der Waals surface area (Å²) in [6.45, 7) is 1.02. The van der Waals surface area contributed by atoms with Gasteiger partial charge in [-0.2, -0.15) is 0 Å². The first-order valence-electron chi connectivity index (χ1n) is 6.80. The molecule has 106 valence electrons. The lowest BCUT2D eigenvalue weighted by molar-refractivity contribution is 0.0379. The second-order valence-corrected chi connectivity index (χ2v) is 4.78. The van der Waals surface area contributed by atoms with Crippen LogP contribution in [-0.4, -0.2) is 24.9 Å². The molecule has 0 bridgehead atoms. The van der Waals surface area contributed by atoms with Crippen LogP contribution < -0.4 is 5.32 Å². The first-order valence-corrected chi connectivity index (χ1v) is 6.80. The Hall–Kier alpha value is -1.68. The summed E-state index contributed by atoms with van der Waals surface area (Å²) in [5.41, 5.74) is 2.26. The fourth-order valence-electron chi connectivity index (χ4n) is 2.23. The largest absolute Gasteiger partial charge is 0.389 e. The molecule has 0 saturated heterocycles. The minimum absolute atomic E-state index is 0.142. The molecular weight excluding hydrogens is 250 g/mol. The molecule has 2 aromatic carbocycles. The molecule has 2 aromatic rings. The van der Waals surface area contributed by atoms with Gasteiger partial charge >= 0.3 is 0 Å². The second kappa shape index (κ2) is 7.80. The predicted octanol–water partition coefficient (Wildman–Crippen LogP) is 2.52. The van der Waals surface area contributed by atoms with Crippen LogP contribution in [0.15, 0.2) is 60.7 Å².